The van der Waals surface area contributed by atoms with Gasteiger partial charge in [-0.2, -0.15) is 5.26 Å². The van der Waals surface area contributed by atoms with Crippen LogP contribution in [-0.2, 0) is 4.79 Å². The van der Waals surface area contributed by atoms with Crippen molar-refractivity contribution in [3.05, 3.63) is 23.9 Å². The average molecular weight is 272 g/mol. The molecule has 2 heterocycles. The van der Waals surface area contributed by atoms with E-state index in [9.17, 15) is 4.79 Å². The SMILES string of the molecule is CC(C)(C)CN1C[C@@H](Nc2ncccc2C#N)CC1=O. The molecule has 0 bridgehead atoms. The molecule has 1 aromatic rings. The Balaban J connectivity index is 2.03. The van der Waals surface area contributed by atoms with Crippen molar-refractivity contribution in [3.8, 4) is 6.07 Å². The summed E-state index contributed by atoms with van der Waals surface area (Å²) < 4.78 is 0. The number of carbonyl (C=O) groups is 1. The smallest absolute Gasteiger partial charge is 0.224 e. The number of rotatable bonds is 3. The van der Waals surface area contributed by atoms with Gasteiger partial charge in [0.15, 0.2) is 0 Å². The standard InChI is InChI=1S/C15H20N4O/c1-15(2,3)10-19-9-12(7-13(19)20)18-14-11(8-16)5-4-6-17-14/h4-6,12H,7,9-10H2,1-3H3,(H,17,18)/t12-/m0/s1. The van der Waals surface area contributed by atoms with Crippen molar-refractivity contribution < 1.29 is 4.79 Å². The summed E-state index contributed by atoms with van der Waals surface area (Å²) in [5.41, 5.74) is 0.599. The quantitative estimate of drug-likeness (QED) is 0.914. The zero-order chi connectivity index (χ0) is 14.8. The van der Waals surface area contributed by atoms with Crippen molar-refractivity contribution >= 4 is 11.7 Å². The van der Waals surface area contributed by atoms with Crippen LogP contribution in [0.5, 0.6) is 0 Å². The Bertz CT molecular complexity index is 542. The summed E-state index contributed by atoms with van der Waals surface area (Å²) in [6.45, 7) is 7.77. The van der Waals surface area contributed by atoms with Crippen LogP contribution in [-0.4, -0.2) is 34.9 Å². The van der Waals surface area contributed by atoms with Gasteiger partial charge in [0, 0.05) is 25.7 Å². The normalized spacial score (nSPS) is 19.0. The lowest BCUT2D eigenvalue weighted by molar-refractivity contribution is -0.128. The number of nitrogens with one attached hydrogen (secondary N) is 1. The van der Waals surface area contributed by atoms with Crippen LogP contribution < -0.4 is 5.32 Å². The molecule has 1 aromatic heterocycles. The number of amides is 1. The van der Waals surface area contributed by atoms with Crippen LogP contribution in [0.3, 0.4) is 0 Å². The molecule has 0 aromatic carbocycles. The van der Waals surface area contributed by atoms with Crippen LogP contribution in [0.4, 0.5) is 5.82 Å². The van der Waals surface area contributed by atoms with Gasteiger partial charge in [-0.25, -0.2) is 4.98 Å². The molecule has 20 heavy (non-hydrogen) atoms. The molecule has 2 rings (SSSR count). The van der Waals surface area contributed by atoms with E-state index in [1.807, 2.05) is 4.90 Å². The van der Waals surface area contributed by atoms with Crippen molar-refractivity contribution in [3.63, 3.8) is 0 Å². The fraction of sp³-hybridized carbons (Fsp3) is 0.533. The monoisotopic (exact) mass is 272 g/mol. The summed E-state index contributed by atoms with van der Waals surface area (Å²) in [7, 11) is 0. The second-order valence-electron chi connectivity index (χ2n) is 6.39. The average Bonchev–Trinajstić information content (AvgIpc) is 2.68. The van der Waals surface area contributed by atoms with Gasteiger partial charge in [-0.05, 0) is 17.5 Å². The molecule has 1 fully saturated rings. The molecular formula is C15H20N4O. The van der Waals surface area contributed by atoms with Crippen molar-refractivity contribution in [1.82, 2.24) is 9.88 Å². The number of hydrogen-bond acceptors (Lipinski definition) is 4. The number of nitrogens with zero attached hydrogens (tertiary/aromatic N) is 3. The lowest BCUT2D eigenvalue weighted by Crippen LogP contribution is -2.35. The number of hydrogen-bond donors (Lipinski definition) is 1. The molecule has 1 N–H and O–H groups in total. The minimum atomic E-state index is 0.0202. The maximum absolute atomic E-state index is 12.0. The summed E-state index contributed by atoms with van der Waals surface area (Å²) in [5.74, 6) is 0.720. The molecule has 5 heteroatoms. The van der Waals surface area contributed by atoms with Crippen molar-refractivity contribution in [1.29, 1.82) is 5.26 Å². The third kappa shape index (κ3) is 3.47. The third-order valence-electron chi connectivity index (χ3n) is 3.15. The van der Waals surface area contributed by atoms with Gasteiger partial charge in [0.1, 0.15) is 11.9 Å². The van der Waals surface area contributed by atoms with E-state index in [2.05, 4.69) is 37.1 Å². The van der Waals surface area contributed by atoms with Crippen LogP contribution in [0.2, 0.25) is 0 Å². The number of nitriles is 1. The zero-order valence-corrected chi connectivity index (χ0v) is 12.2. The first-order chi connectivity index (χ1) is 9.39. The minimum Gasteiger partial charge on any atom is -0.364 e. The lowest BCUT2D eigenvalue weighted by atomic mass is 9.96. The highest BCUT2D eigenvalue weighted by Gasteiger charge is 2.32. The number of aromatic nitrogens is 1. The molecule has 1 atom stereocenters. The zero-order valence-electron chi connectivity index (χ0n) is 12.2. The Labute approximate surface area is 119 Å². The fourth-order valence-corrected chi connectivity index (χ4v) is 2.40. The van der Waals surface area contributed by atoms with Crippen molar-refractivity contribution in [2.45, 2.75) is 33.2 Å². The van der Waals surface area contributed by atoms with Gasteiger partial charge in [-0.3, -0.25) is 4.79 Å². The maximum Gasteiger partial charge on any atom is 0.224 e. The van der Waals surface area contributed by atoms with E-state index in [1.54, 1.807) is 18.3 Å². The lowest BCUT2D eigenvalue weighted by Gasteiger charge is -2.26. The van der Waals surface area contributed by atoms with E-state index in [0.29, 0.717) is 24.3 Å². The third-order valence-corrected chi connectivity index (χ3v) is 3.15. The Morgan fingerprint density at radius 2 is 2.30 bits per heavy atom. The molecule has 0 unspecified atom stereocenters. The molecule has 0 spiro atoms. The molecule has 0 aliphatic carbocycles. The Kier molecular flexibility index (Phi) is 3.93. The van der Waals surface area contributed by atoms with Gasteiger partial charge in [0.2, 0.25) is 5.91 Å². The van der Waals surface area contributed by atoms with Crippen LogP contribution in [0, 0.1) is 16.7 Å². The molecule has 0 radical (unpaired) electrons. The number of likely N-dealkylation sites (tertiary alicyclic amines) is 1. The predicted octanol–water partition coefficient (Wildman–Crippen LogP) is 2.01. The summed E-state index contributed by atoms with van der Waals surface area (Å²) in [4.78, 5) is 18.1. The largest absolute Gasteiger partial charge is 0.364 e. The Morgan fingerprint density at radius 3 is 2.95 bits per heavy atom. The van der Waals surface area contributed by atoms with Crippen LogP contribution in [0.25, 0.3) is 0 Å². The minimum absolute atomic E-state index is 0.0202. The van der Waals surface area contributed by atoms with E-state index in [0.717, 1.165) is 6.54 Å². The maximum atomic E-state index is 12.0. The molecule has 1 saturated heterocycles. The summed E-state index contributed by atoms with van der Waals surface area (Å²) in [5, 5.41) is 12.3. The Morgan fingerprint density at radius 1 is 1.55 bits per heavy atom. The van der Waals surface area contributed by atoms with Gasteiger partial charge < -0.3 is 10.2 Å². The van der Waals surface area contributed by atoms with Gasteiger partial charge in [0.25, 0.3) is 0 Å². The molecule has 1 amide bonds. The molecular weight excluding hydrogens is 252 g/mol. The van der Waals surface area contributed by atoms with Crippen molar-refractivity contribution in [2.24, 2.45) is 5.41 Å². The highest BCUT2D eigenvalue weighted by atomic mass is 16.2. The first kappa shape index (κ1) is 14.3. The van der Waals surface area contributed by atoms with Gasteiger partial charge in [-0.1, -0.05) is 20.8 Å². The number of anilines is 1. The van der Waals surface area contributed by atoms with E-state index < -0.39 is 0 Å². The summed E-state index contributed by atoms with van der Waals surface area (Å²) >= 11 is 0. The first-order valence-corrected chi connectivity index (χ1v) is 6.78. The van der Waals surface area contributed by atoms with E-state index >= 15 is 0 Å². The Hall–Kier alpha value is -2.09. The second kappa shape index (κ2) is 5.49. The topological polar surface area (TPSA) is 69.0 Å². The van der Waals surface area contributed by atoms with Gasteiger partial charge in [0.05, 0.1) is 11.6 Å². The molecule has 5 nitrogen and oxygen atoms in total. The first-order valence-electron chi connectivity index (χ1n) is 6.78. The van der Waals surface area contributed by atoms with Crippen LogP contribution in [0.15, 0.2) is 18.3 Å². The van der Waals surface area contributed by atoms with E-state index in [4.69, 9.17) is 5.26 Å². The van der Waals surface area contributed by atoms with E-state index in [1.165, 1.54) is 0 Å². The molecule has 106 valence electrons. The highest BCUT2D eigenvalue weighted by Crippen LogP contribution is 2.22. The second-order valence-corrected chi connectivity index (χ2v) is 6.39. The number of carbonyl (C=O) groups excluding carboxylic acids is 1. The van der Waals surface area contributed by atoms with E-state index in [-0.39, 0.29) is 17.4 Å². The molecule has 1 aliphatic heterocycles. The number of pyridine rings is 1. The van der Waals surface area contributed by atoms with Crippen molar-refractivity contribution in [2.75, 3.05) is 18.4 Å². The van der Waals surface area contributed by atoms with Gasteiger partial charge in [-0.15, -0.1) is 0 Å². The van der Waals surface area contributed by atoms with Crippen LogP contribution >= 0.6 is 0 Å². The molecule has 0 saturated carbocycles. The van der Waals surface area contributed by atoms with Crippen LogP contribution in [0.1, 0.15) is 32.8 Å². The molecule has 1 aliphatic rings. The fourth-order valence-electron chi connectivity index (χ4n) is 2.40. The summed E-state index contributed by atoms with van der Waals surface area (Å²) in [6, 6.07) is 5.58. The van der Waals surface area contributed by atoms with Gasteiger partial charge >= 0.3 is 0 Å². The summed E-state index contributed by atoms with van der Waals surface area (Å²) in [6.07, 6.45) is 2.10. The highest BCUT2D eigenvalue weighted by molar-refractivity contribution is 5.80. The predicted molar refractivity (Wildman–Crippen MR) is 77.0 cm³/mol.